The van der Waals surface area contributed by atoms with Crippen molar-refractivity contribution in [2.45, 2.75) is 90.3 Å². The van der Waals surface area contributed by atoms with Gasteiger partial charge in [-0.2, -0.15) is 0 Å². The van der Waals surface area contributed by atoms with Crippen LogP contribution >= 0.6 is 0 Å². The van der Waals surface area contributed by atoms with Crippen LogP contribution in [0.1, 0.15) is 78.1 Å². The summed E-state index contributed by atoms with van der Waals surface area (Å²) in [5.74, 6) is 1.12. The Bertz CT molecular complexity index is 357. The Hall–Kier alpha value is -0.900. The number of carbonyl (C=O) groups is 2. The molecule has 0 aromatic heterocycles. The summed E-state index contributed by atoms with van der Waals surface area (Å²) in [6.45, 7) is 4.69. The number of unbranched alkanes of at least 4 members (excludes halogenated alkanes) is 2. The molecule has 1 heterocycles. The number of ketones is 1. The van der Waals surface area contributed by atoms with Crippen LogP contribution in [-0.2, 0) is 19.1 Å². The van der Waals surface area contributed by atoms with E-state index >= 15 is 0 Å². The highest BCUT2D eigenvalue weighted by atomic mass is 16.6. The van der Waals surface area contributed by atoms with Crippen LogP contribution in [0.2, 0.25) is 0 Å². The Labute approximate surface area is 140 Å². The molecule has 0 aromatic rings. The lowest BCUT2D eigenvalue weighted by atomic mass is 9.77. The van der Waals surface area contributed by atoms with Crippen LogP contribution in [0.4, 0.5) is 0 Å². The zero-order chi connectivity index (χ0) is 16.7. The minimum absolute atomic E-state index is 0.0801. The van der Waals surface area contributed by atoms with E-state index in [4.69, 9.17) is 9.47 Å². The van der Waals surface area contributed by atoms with Gasteiger partial charge in [0.15, 0.2) is 0 Å². The number of epoxide rings is 1. The molecule has 2 rings (SSSR count). The number of Topliss-reactive ketones (excluding diaryl/α,β-unsaturated/α-hetero) is 1. The summed E-state index contributed by atoms with van der Waals surface area (Å²) in [6, 6.07) is 0. The highest BCUT2D eigenvalue weighted by Crippen LogP contribution is 2.44. The van der Waals surface area contributed by atoms with Crippen molar-refractivity contribution in [1.82, 2.24) is 0 Å². The maximum absolute atomic E-state index is 11.9. The Balaban J connectivity index is 1.74. The first-order valence-corrected chi connectivity index (χ1v) is 9.46. The second-order valence-electron chi connectivity index (χ2n) is 7.17. The molecule has 0 bridgehead atoms. The number of hydrogen-bond acceptors (Lipinski definition) is 4. The molecule has 4 heteroatoms. The van der Waals surface area contributed by atoms with Gasteiger partial charge in [-0.15, -0.1) is 0 Å². The Morgan fingerprint density at radius 1 is 0.957 bits per heavy atom. The van der Waals surface area contributed by atoms with E-state index in [1.807, 2.05) is 0 Å². The number of fused-ring (bicyclic) bond motifs is 1. The zero-order valence-corrected chi connectivity index (χ0v) is 14.7. The Morgan fingerprint density at radius 3 is 2.30 bits per heavy atom. The van der Waals surface area contributed by atoms with Gasteiger partial charge in [0.2, 0.25) is 0 Å². The summed E-state index contributed by atoms with van der Waals surface area (Å²) < 4.78 is 11.1. The first-order valence-electron chi connectivity index (χ1n) is 9.46. The lowest BCUT2D eigenvalue weighted by Gasteiger charge is -2.29. The van der Waals surface area contributed by atoms with E-state index in [9.17, 15) is 9.59 Å². The van der Waals surface area contributed by atoms with Crippen molar-refractivity contribution in [3.8, 4) is 0 Å². The molecule has 0 N–H and O–H groups in total. The average Bonchev–Trinajstić information content (AvgIpc) is 3.31. The normalized spacial score (nSPS) is 29.0. The Kier molecular flexibility index (Phi) is 7.54. The van der Waals surface area contributed by atoms with Crippen LogP contribution in [0, 0.1) is 11.8 Å². The molecular weight excluding hydrogens is 292 g/mol. The van der Waals surface area contributed by atoms with Crippen LogP contribution in [0.5, 0.6) is 0 Å². The van der Waals surface area contributed by atoms with Crippen molar-refractivity contribution >= 4 is 11.8 Å². The predicted octanol–water partition coefficient (Wildman–Crippen LogP) is 4.05. The fourth-order valence-corrected chi connectivity index (χ4v) is 3.57. The average molecular weight is 324 g/mol. The van der Waals surface area contributed by atoms with E-state index in [0.29, 0.717) is 55.7 Å². The van der Waals surface area contributed by atoms with Gasteiger partial charge in [0, 0.05) is 19.3 Å². The molecule has 0 radical (unpaired) electrons. The fraction of sp³-hybridized carbons (Fsp3) is 0.895. The molecule has 2 aliphatic rings. The lowest BCUT2D eigenvalue weighted by molar-refractivity contribution is -0.146. The Morgan fingerprint density at radius 2 is 1.61 bits per heavy atom. The van der Waals surface area contributed by atoms with Crippen molar-refractivity contribution in [3.05, 3.63) is 0 Å². The number of rotatable bonds is 11. The molecule has 4 unspecified atom stereocenters. The molecule has 23 heavy (non-hydrogen) atoms. The van der Waals surface area contributed by atoms with E-state index < -0.39 is 0 Å². The second kappa shape index (κ2) is 9.41. The van der Waals surface area contributed by atoms with Crippen LogP contribution in [0.15, 0.2) is 0 Å². The third-order valence-corrected chi connectivity index (χ3v) is 5.22. The van der Waals surface area contributed by atoms with Gasteiger partial charge in [-0.1, -0.05) is 26.7 Å². The molecule has 1 saturated carbocycles. The maximum Gasteiger partial charge on any atom is 0.305 e. The maximum atomic E-state index is 11.9. The van der Waals surface area contributed by atoms with Gasteiger partial charge in [-0.3, -0.25) is 9.59 Å². The summed E-state index contributed by atoms with van der Waals surface area (Å²) >= 11 is 0. The van der Waals surface area contributed by atoms with Gasteiger partial charge in [0.25, 0.3) is 0 Å². The molecule has 2 fully saturated rings. The van der Waals surface area contributed by atoms with Crippen molar-refractivity contribution in [2.24, 2.45) is 11.8 Å². The van der Waals surface area contributed by atoms with Gasteiger partial charge in [0.1, 0.15) is 5.78 Å². The molecule has 4 atom stereocenters. The highest BCUT2D eigenvalue weighted by molar-refractivity contribution is 5.78. The number of hydrogen-bond donors (Lipinski definition) is 0. The van der Waals surface area contributed by atoms with Crippen molar-refractivity contribution < 1.29 is 19.1 Å². The van der Waals surface area contributed by atoms with E-state index in [2.05, 4.69) is 13.8 Å². The molecule has 132 valence electrons. The highest BCUT2D eigenvalue weighted by Gasteiger charge is 2.48. The molecule has 1 aliphatic carbocycles. The number of ether oxygens (including phenoxy) is 2. The number of esters is 1. The second-order valence-corrected chi connectivity index (χ2v) is 7.17. The summed E-state index contributed by atoms with van der Waals surface area (Å²) in [5.41, 5.74) is 0. The SMILES string of the molecule is CCCCC(=O)CCC1CC2OC2CC1COC(=O)CCCC. The standard InChI is InChI=1S/C19H32O4/c1-3-5-7-16(20)10-9-14-11-17-18(23-17)12-15(14)13-22-19(21)8-6-4-2/h14-15,17-18H,3-13H2,1-2H3. The third kappa shape index (κ3) is 6.25. The molecule has 1 aliphatic heterocycles. The molecule has 1 saturated heterocycles. The first-order chi connectivity index (χ1) is 11.1. The molecule has 0 spiro atoms. The third-order valence-electron chi connectivity index (χ3n) is 5.22. The monoisotopic (exact) mass is 324 g/mol. The smallest absolute Gasteiger partial charge is 0.305 e. The largest absolute Gasteiger partial charge is 0.465 e. The van der Waals surface area contributed by atoms with E-state index in [1.54, 1.807) is 0 Å². The zero-order valence-electron chi connectivity index (χ0n) is 14.7. The van der Waals surface area contributed by atoms with Gasteiger partial charge >= 0.3 is 5.97 Å². The van der Waals surface area contributed by atoms with Crippen molar-refractivity contribution in [1.29, 1.82) is 0 Å². The fourth-order valence-electron chi connectivity index (χ4n) is 3.57. The molecule has 0 aromatic carbocycles. The minimum atomic E-state index is -0.0801. The van der Waals surface area contributed by atoms with Gasteiger partial charge in [-0.05, 0) is 43.9 Å². The minimum Gasteiger partial charge on any atom is -0.465 e. The van der Waals surface area contributed by atoms with Crippen LogP contribution in [0.25, 0.3) is 0 Å². The topological polar surface area (TPSA) is 55.9 Å². The van der Waals surface area contributed by atoms with E-state index in [-0.39, 0.29) is 5.97 Å². The summed E-state index contributed by atoms with van der Waals surface area (Å²) in [7, 11) is 0. The van der Waals surface area contributed by atoms with Crippen LogP contribution in [0.3, 0.4) is 0 Å². The molecule has 0 amide bonds. The summed E-state index contributed by atoms with van der Waals surface area (Å²) in [5, 5.41) is 0. The summed E-state index contributed by atoms with van der Waals surface area (Å²) in [6.07, 6.45) is 9.59. The van der Waals surface area contributed by atoms with Gasteiger partial charge in [-0.25, -0.2) is 0 Å². The lowest BCUT2D eigenvalue weighted by Crippen LogP contribution is -2.29. The quantitative estimate of drug-likeness (QED) is 0.425. The molecular formula is C19H32O4. The van der Waals surface area contributed by atoms with Crippen molar-refractivity contribution in [2.75, 3.05) is 6.61 Å². The predicted molar refractivity (Wildman–Crippen MR) is 89.1 cm³/mol. The van der Waals surface area contributed by atoms with Crippen LogP contribution < -0.4 is 0 Å². The summed E-state index contributed by atoms with van der Waals surface area (Å²) in [4.78, 5) is 23.6. The number of carbonyl (C=O) groups excluding carboxylic acids is 2. The van der Waals surface area contributed by atoms with Gasteiger partial charge in [0.05, 0.1) is 18.8 Å². The van der Waals surface area contributed by atoms with Crippen molar-refractivity contribution in [3.63, 3.8) is 0 Å². The van der Waals surface area contributed by atoms with Gasteiger partial charge < -0.3 is 9.47 Å². The van der Waals surface area contributed by atoms with E-state index in [1.165, 1.54) is 0 Å². The van der Waals surface area contributed by atoms with Crippen LogP contribution in [-0.4, -0.2) is 30.6 Å². The molecule has 4 nitrogen and oxygen atoms in total. The first kappa shape index (κ1) is 18.4. The van der Waals surface area contributed by atoms with E-state index in [0.717, 1.165) is 44.9 Å².